The van der Waals surface area contributed by atoms with Crippen molar-refractivity contribution >= 4 is 54.8 Å². The van der Waals surface area contributed by atoms with Gasteiger partial charge in [0, 0.05) is 11.1 Å². The van der Waals surface area contributed by atoms with Crippen LogP contribution in [-0.2, 0) is 0 Å². The normalized spacial score (nSPS) is 12.6. The van der Waals surface area contributed by atoms with E-state index in [4.69, 9.17) is 17.7 Å². The van der Waals surface area contributed by atoms with E-state index in [2.05, 4.69) is 168 Å². The van der Waals surface area contributed by atoms with Crippen LogP contribution in [0.2, 0.25) is 72.5 Å². The second-order valence-corrected chi connectivity index (χ2v) is 35.2. The molecular weight excluding hydrogens is 777 g/mol. The zero-order chi connectivity index (χ0) is 42.1. The van der Waals surface area contributed by atoms with Crippen molar-refractivity contribution in [3.8, 4) is 45.3 Å². The van der Waals surface area contributed by atoms with Crippen molar-refractivity contribution in [3.05, 3.63) is 84.9 Å². The summed E-state index contributed by atoms with van der Waals surface area (Å²) < 4.78 is 29.9. The van der Waals surface area contributed by atoms with Crippen molar-refractivity contribution < 1.29 is 17.7 Å². The lowest BCUT2D eigenvalue weighted by atomic mass is 9.85. The van der Waals surface area contributed by atoms with Crippen LogP contribution in [0.15, 0.2) is 84.9 Å². The maximum absolute atomic E-state index is 7.47. The highest BCUT2D eigenvalue weighted by molar-refractivity contribution is 6.75. The third-order valence-corrected chi connectivity index (χ3v) is 32.5. The number of hydrogen-bond donors (Lipinski definition) is 0. The summed E-state index contributed by atoms with van der Waals surface area (Å²) in [6.45, 7) is 27.9. The van der Waals surface area contributed by atoms with Crippen molar-refractivity contribution in [2.24, 2.45) is 0 Å². The van der Waals surface area contributed by atoms with Crippen molar-refractivity contribution in [3.63, 3.8) is 0 Å². The first-order chi connectivity index (χ1) is 28.0. The van der Waals surface area contributed by atoms with Crippen LogP contribution in [-0.4, -0.2) is 33.3 Å². The van der Waals surface area contributed by atoms with Crippen LogP contribution in [0.4, 0.5) is 0 Å². The molecule has 0 amide bonds. The van der Waals surface area contributed by atoms with E-state index in [0.29, 0.717) is 0 Å². The Labute approximate surface area is 356 Å². The summed E-state index contributed by atoms with van der Waals surface area (Å²) in [6.07, 6.45) is 0. The first kappa shape index (κ1) is 45.8. The second-order valence-electron chi connectivity index (χ2n) is 16.5. The molecule has 0 aliphatic carbocycles. The van der Waals surface area contributed by atoms with Gasteiger partial charge in [0.1, 0.15) is 23.0 Å². The van der Waals surface area contributed by atoms with Gasteiger partial charge in [-0.2, -0.15) is 0 Å². The fourth-order valence-electron chi connectivity index (χ4n) is 9.32. The Hall–Kier alpha value is -3.31. The van der Waals surface area contributed by atoms with Crippen LogP contribution in [0.3, 0.4) is 0 Å². The molecule has 314 valence electrons. The first-order valence-electron chi connectivity index (χ1n) is 23.0. The fraction of sp³-hybridized carbons (Fsp3) is 0.480. The molecule has 8 heteroatoms. The van der Waals surface area contributed by atoms with Crippen molar-refractivity contribution in [1.82, 2.24) is 0 Å². The summed E-state index contributed by atoms with van der Waals surface area (Å²) in [5.74, 6) is 3.86. The van der Waals surface area contributed by atoms with Crippen LogP contribution >= 0.6 is 0 Å². The lowest BCUT2D eigenvalue weighted by molar-refractivity contribution is 0.512. The topological polar surface area (TPSA) is 36.9 Å². The molecule has 0 bridgehead atoms. The molecule has 0 unspecified atom stereocenters. The van der Waals surface area contributed by atoms with E-state index in [-0.39, 0.29) is 0 Å². The molecule has 0 aliphatic rings. The van der Waals surface area contributed by atoms with E-state index in [9.17, 15) is 0 Å². The van der Waals surface area contributed by atoms with Gasteiger partial charge in [-0.15, -0.1) is 0 Å². The summed E-state index contributed by atoms with van der Waals surface area (Å²) in [5, 5.41) is 4.78. The first-order valence-corrected chi connectivity index (χ1v) is 33.1. The van der Waals surface area contributed by atoms with Crippen LogP contribution in [0.25, 0.3) is 43.8 Å². The predicted molar refractivity (Wildman–Crippen MR) is 264 cm³/mol. The van der Waals surface area contributed by atoms with Gasteiger partial charge in [0.15, 0.2) is 0 Å². The summed E-state index contributed by atoms with van der Waals surface area (Å²) in [6, 6.07) is 44.1. The van der Waals surface area contributed by atoms with Gasteiger partial charge < -0.3 is 17.7 Å². The summed E-state index contributed by atoms with van der Waals surface area (Å²) in [7, 11) is -8.32. The monoisotopic (exact) mass is 850 g/mol. The molecule has 58 heavy (non-hydrogen) atoms. The van der Waals surface area contributed by atoms with Crippen LogP contribution < -0.4 is 17.7 Å². The van der Waals surface area contributed by atoms with Gasteiger partial charge in [-0.05, 0) is 118 Å². The maximum atomic E-state index is 7.47. The minimum atomic E-state index is -2.08. The third-order valence-electron chi connectivity index (χ3n) is 14.4. The summed E-state index contributed by atoms with van der Waals surface area (Å²) in [5.41, 5.74) is 4.59. The Morgan fingerprint density at radius 3 is 0.621 bits per heavy atom. The number of rotatable bonds is 22. The van der Waals surface area contributed by atoms with Gasteiger partial charge in [0.05, 0.1) is 11.1 Å². The number of hydrogen-bond acceptors (Lipinski definition) is 4. The quantitative estimate of drug-likeness (QED) is 0.0513. The standard InChI is InChI=1S/C50H74O4Si4/c1-13-55(14-2,15-3)51-43-35-29-36-44(52-56(16-4,17-5)18-6)49(43)47-39-31-25-27-33-41(39)48(42-34-28-26-32-40(42)47)50-45(53-57(19-7,20-8)21-9)37-30-38-46(50)54-58(22-10,23-11)24-12/h25-38H,13-24H2,1-12H3. The van der Waals surface area contributed by atoms with Crippen molar-refractivity contribution in [2.45, 2.75) is 156 Å². The fourth-order valence-corrected chi connectivity index (χ4v) is 19.6. The van der Waals surface area contributed by atoms with Crippen molar-refractivity contribution in [1.29, 1.82) is 0 Å². The van der Waals surface area contributed by atoms with Gasteiger partial charge in [-0.1, -0.05) is 144 Å². The Kier molecular flexibility index (Phi) is 15.6. The summed E-state index contributed by atoms with van der Waals surface area (Å²) >= 11 is 0. The Morgan fingerprint density at radius 1 is 0.259 bits per heavy atom. The number of fused-ring (bicyclic) bond motifs is 2. The molecule has 0 aliphatic heterocycles. The molecular formula is C50H74O4Si4. The van der Waals surface area contributed by atoms with E-state index in [0.717, 1.165) is 107 Å². The van der Waals surface area contributed by atoms with Gasteiger partial charge in [-0.3, -0.25) is 0 Å². The largest absolute Gasteiger partial charge is 0.543 e. The molecule has 0 radical (unpaired) electrons. The lowest BCUT2D eigenvalue weighted by Gasteiger charge is -2.35. The van der Waals surface area contributed by atoms with E-state index < -0.39 is 33.3 Å². The third kappa shape index (κ3) is 8.77. The Balaban J connectivity index is 2.00. The maximum Gasteiger partial charge on any atom is 0.250 e. The molecule has 5 rings (SSSR count). The lowest BCUT2D eigenvalue weighted by Crippen LogP contribution is -2.40. The molecule has 0 N–H and O–H groups in total. The van der Waals surface area contributed by atoms with Gasteiger partial charge >= 0.3 is 0 Å². The molecule has 0 saturated carbocycles. The molecule has 5 aromatic carbocycles. The number of benzene rings is 5. The summed E-state index contributed by atoms with van der Waals surface area (Å²) in [4.78, 5) is 0. The van der Waals surface area contributed by atoms with Crippen LogP contribution in [0.1, 0.15) is 83.1 Å². The highest BCUT2D eigenvalue weighted by Gasteiger charge is 2.38. The van der Waals surface area contributed by atoms with Gasteiger partial charge in [0.25, 0.3) is 33.3 Å². The minimum absolute atomic E-state index is 0.964. The van der Waals surface area contributed by atoms with E-state index in [1.54, 1.807) is 0 Å². The second kappa shape index (κ2) is 19.8. The van der Waals surface area contributed by atoms with E-state index in [1.165, 1.54) is 32.7 Å². The predicted octanol–water partition coefficient (Wildman–Crippen LogP) is 16.9. The van der Waals surface area contributed by atoms with Crippen molar-refractivity contribution in [2.75, 3.05) is 0 Å². The van der Waals surface area contributed by atoms with Crippen LogP contribution in [0.5, 0.6) is 23.0 Å². The van der Waals surface area contributed by atoms with Gasteiger partial charge in [0.2, 0.25) is 0 Å². The molecule has 0 aromatic heterocycles. The molecule has 4 nitrogen and oxygen atoms in total. The van der Waals surface area contributed by atoms with Crippen LogP contribution in [0, 0.1) is 0 Å². The smallest absolute Gasteiger partial charge is 0.250 e. The average molecular weight is 851 g/mol. The molecule has 0 saturated heterocycles. The highest BCUT2D eigenvalue weighted by Crippen LogP contribution is 2.54. The molecule has 5 aromatic rings. The Morgan fingerprint density at radius 2 is 0.448 bits per heavy atom. The Bertz CT molecular complexity index is 1790. The van der Waals surface area contributed by atoms with E-state index in [1.807, 2.05) is 0 Å². The molecule has 0 atom stereocenters. The molecule has 0 spiro atoms. The highest BCUT2D eigenvalue weighted by atomic mass is 28.4. The molecule has 0 fully saturated rings. The zero-order valence-electron chi connectivity index (χ0n) is 38.2. The van der Waals surface area contributed by atoms with E-state index >= 15 is 0 Å². The zero-order valence-corrected chi connectivity index (χ0v) is 42.2. The molecule has 0 heterocycles. The average Bonchev–Trinajstić information content (AvgIpc) is 3.28. The minimum Gasteiger partial charge on any atom is -0.543 e. The SMILES string of the molecule is CC[Si](CC)(CC)Oc1cccc(O[Si](CC)(CC)CC)c1-c1c2ccccc2c(-c2c(O[Si](CC)(CC)CC)cccc2O[Si](CC)(CC)CC)c2ccccc12. The van der Waals surface area contributed by atoms with Gasteiger partial charge in [-0.25, -0.2) is 0 Å².